The number of rotatable bonds is 12. The van der Waals surface area contributed by atoms with Crippen molar-refractivity contribution in [1.82, 2.24) is 0 Å². The highest BCUT2D eigenvalue weighted by Crippen LogP contribution is 2.42. The topological polar surface area (TPSA) is 79.1 Å². The predicted octanol–water partition coefficient (Wildman–Crippen LogP) is 3.28. The lowest BCUT2D eigenvalue weighted by atomic mass is 10.1. The van der Waals surface area contributed by atoms with Crippen molar-refractivity contribution in [1.29, 1.82) is 0 Å². The van der Waals surface area contributed by atoms with Gasteiger partial charge in [0.15, 0.2) is 6.54 Å². The zero-order chi connectivity index (χ0) is 26.1. The molecule has 0 fully saturated rings. The van der Waals surface area contributed by atoms with E-state index in [2.05, 4.69) is 21.3 Å². The maximum Gasteiger partial charge on any atom is 0.239 e. The van der Waals surface area contributed by atoms with Crippen molar-refractivity contribution in [2.24, 2.45) is 0 Å². The number of Topliss-reactive ketones (excluding diaryl/α,β-unsaturated/α-hetero) is 2. The number of likely N-dealkylation sites (N-methyl/N-ethyl adjacent to an activating group) is 2. The lowest BCUT2D eigenvalue weighted by Crippen LogP contribution is -2.26. The van der Waals surface area contributed by atoms with Gasteiger partial charge in [-0.25, -0.2) is 4.58 Å². The summed E-state index contributed by atoms with van der Waals surface area (Å²) in [5.41, 5.74) is 0.103. The third kappa shape index (κ3) is 6.18. The van der Waals surface area contributed by atoms with E-state index in [0.717, 1.165) is 23.1 Å². The first-order chi connectivity index (χ1) is 17.5. The Labute approximate surface area is 220 Å². The molecule has 188 valence electrons. The second-order valence-electron chi connectivity index (χ2n) is 7.71. The second-order valence-corrected chi connectivity index (χ2v) is 9.83. The normalized spacial score (nSPS) is 18.7. The van der Waals surface area contributed by atoms with Crippen LogP contribution in [0.4, 0.5) is 5.00 Å². The Morgan fingerprint density at radius 2 is 1.72 bits per heavy atom. The highest BCUT2D eigenvalue weighted by molar-refractivity contribution is 8.18. The largest absolute Gasteiger partial charge is 0.506 e. The molecule has 0 radical (unpaired) electrons. The molecule has 36 heavy (non-hydrogen) atoms. The molecule has 3 rings (SSSR count). The molecule has 0 bridgehead atoms. The number of ketones is 2. The molecule has 1 aliphatic heterocycles. The molecule has 0 atom stereocenters. The number of anilines is 1. The van der Waals surface area contributed by atoms with Gasteiger partial charge < -0.3 is 19.5 Å². The quantitative estimate of drug-likeness (QED) is 0.148. The van der Waals surface area contributed by atoms with Crippen molar-refractivity contribution in [2.45, 2.75) is 13.8 Å². The van der Waals surface area contributed by atoms with Crippen LogP contribution in [0.15, 0.2) is 40.5 Å². The van der Waals surface area contributed by atoms with Crippen molar-refractivity contribution in [2.75, 3.05) is 57.5 Å². The van der Waals surface area contributed by atoms with Crippen LogP contribution >= 0.6 is 23.1 Å². The summed E-state index contributed by atoms with van der Waals surface area (Å²) < 4.78 is 12.8. The molecule has 1 aromatic rings. The molecular weight excluding hydrogens is 496 g/mol. The number of carbonyl (C=O) groups is 2. The zero-order valence-corrected chi connectivity index (χ0v) is 22.0. The summed E-state index contributed by atoms with van der Waals surface area (Å²) in [6, 6.07) is 3.64. The number of thioether (sulfide) groups is 1. The predicted molar refractivity (Wildman–Crippen MR) is 146 cm³/mol. The van der Waals surface area contributed by atoms with E-state index < -0.39 is 11.6 Å². The molecule has 9 heteroatoms. The summed E-state index contributed by atoms with van der Waals surface area (Å²) in [6.45, 7) is 8.21. The molecule has 1 N–H and O–H groups in total. The lowest BCUT2D eigenvalue weighted by molar-refractivity contribution is -0.523. The summed E-state index contributed by atoms with van der Waals surface area (Å²) in [6.07, 6.45) is 14.1. The van der Waals surface area contributed by atoms with E-state index in [1.165, 1.54) is 23.1 Å². The molecule has 1 aromatic heterocycles. The minimum Gasteiger partial charge on any atom is -0.506 e. The number of thiophene rings is 1. The van der Waals surface area contributed by atoms with E-state index in [4.69, 9.17) is 22.3 Å². The molecule has 0 aromatic carbocycles. The van der Waals surface area contributed by atoms with Gasteiger partial charge in [-0.1, -0.05) is 11.8 Å². The minimum absolute atomic E-state index is 0.0517. The van der Waals surface area contributed by atoms with Gasteiger partial charge in [0.2, 0.25) is 16.6 Å². The fraction of sp³-hybridized carbons (Fsp3) is 0.370. The number of nitrogens with zero attached hydrogens (tertiary/aromatic N) is 2. The summed E-state index contributed by atoms with van der Waals surface area (Å²) in [5.74, 6) is 3.22. The van der Waals surface area contributed by atoms with E-state index in [9.17, 15) is 14.7 Å². The van der Waals surface area contributed by atoms with Crippen LogP contribution < -0.4 is 4.90 Å². The fourth-order valence-electron chi connectivity index (χ4n) is 3.75. The van der Waals surface area contributed by atoms with Crippen LogP contribution in [0.3, 0.4) is 0 Å². The summed E-state index contributed by atoms with van der Waals surface area (Å²) in [5, 5.41) is 12.8. The van der Waals surface area contributed by atoms with Crippen molar-refractivity contribution in [3.63, 3.8) is 0 Å². The first-order valence-electron chi connectivity index (χ1n) is 11.6. The molecule has 0 saturated heterocycles. The van der Waals surface area contributed by atoms with E-state index in [1.54, 1.807) is 12.1 Å². The van der Waals surface area contributed by atoms with Gasteiger partial charge >= 0.3 is 0 Å². The molecule has 0 saturated carbocycles. The fourth-order valence-corrected chi connectivity index (χ4v) is 6.03. The number of hydrogen-bond acceptors (Lipinski definition) is 8. The zero-order valence-electron chi connectivity index (χ0n) is 20.4. The van der Waals surface area contributed by atoms with Crippen molar-refractivity contribution in [3.05, 3.63) is 45.4 Å². The molecule has 0 amide bonds. The Morgan fingerprint density at radius 1 is 1.03 bits per heavy atom. The summed E-state index contributed by atoms with van der Waals surface area (Å²) >= 11 is 2.71. The first kappa shape index (κ1) is 27.5. The van der Waals surface area contributed by atoms with Crippen LogP contribution in [0.5, 0.6) is 0 Å². The van der Waals surface area contributed by atoms with Crippen LogP contribution in [0.1, 0.15) is 18.7 Å². The van der Waals surface area contributed by atoms with Crippen LogP contribution in [0, 0.1) is 24.7 Å². The van der Waals surface area contributed by atoms with Gasteiger partial charge in [-0.2, -0.15) is 0 Å². The summed E-state index contributed by atoms with van der Waals surface area (Å²) in [4.78, 5) is 29.0. The van der Waals surface area contributed by atoms with Crippen molar-refractivity contribution < 1.29 is 28.7 Å². The number of terminal acetylenes is 2. The number of ether oxygens (including phenoxy) is 2. The maximum absolute atomic E-state index is 12.9. The van der Waals surface area contributed by atoms with Gasteiger partial charge in [0, 0.05) is 28.9 Å². The lowest BCUT2D eigenvalue weighted by Gasteiger charge is -2.20. The monoisotopic (exact) mass is 525 g/mol. The maximum atomic E-state index is 12.9. The average Bonchev–Trinajstić information content (AvgIpc) is 3.59. The van der Waals surface area contributed by atoms with E-state index in [-0.39, 0.29) is 30.1 Å². The summed E-state index contributed by atoms with van der Waals surface area (Å²) in [7, 11) is 0. The number of allylic oxidation sites excluding steroid dienone is 3. The molecule has 1 aliphatic carbocycles. The van der Waals surface area contributed by atoms with Gasteiger partial charge in [0.05, 0.1) is 22.8 Å². The van der Waals surface area contributed by atoms with Crippen LogP contribution in [-0.2, 0) is 19.1 Å². The van der Waals surface area contributed by atoms with E-state index in [0.29, 0.717) is 36.1 Å². The number of aliphatic hydroxyl groups excluding tert-OH is 1. The van der Waals surface area contributed by atoms with E-state index in [1.807, 2.05) is 26.0 Å². The first-order valence-corrected chi connectivity index (χ1v) is 13.2. The molecule has 2 heterocycles. The Kier molecular flexibility index (Phi) is 10.2. The third-order valence-electron chi connectivity index (χ3n) is 5.58. The second kappa shape index (κ2) is 13.3. The van der Waals surface area contributed by atoms with Gasteiger partial charge in [-0.3, -0.25) is 9.59 Å². The van der Waals surface area contributed by atoms with Gasteiger partial charge in [-0.15, -0.1) is 24.2 Å². The Bertz CT molecular complexity index is 1220. The number of hydrogen-bond donors (Lipinski definition) is 1. The van der Waals surface area contributed by atoms with Crippen LogP contribution in [-0.4, -0.2) is 78.9 Å². The third-order valence-corrected chi connectivity index (χ3v) is 7.91. The smallest absolute Gasteiger partial charge is 0.239 e. The Morgan fingerprint density at radius 3 is 2.39 bits per heavy atom. The molecular formula is C27H29N2O5S2+. The number of aliphatic hydroxyl groups is 1. The highest BCUT2D eigenvalue weighted by atomic mass is 32.2. The average molecular weight is 526 g/mol. The van der Waals surface area contributed by atoms with Gasteiger partial charge in [-0.05, 0) is 43.8 Å². The minimum atomic E-state index is -0.693. The standard InChI is InChI=1S/C27H28N2O5S2/c1-5-15-33-17-13-28(7-3)21-11-9-19(35-21)23-25(30)24(27(32)26(23)31)20-10-12-22(36-20)29(8-4)14-18-34-16-6-2/h1-2,9-12H,7-8,13-18H2,3-4H3/p+1. The highest BCUT2D eigenvalue weighted by Gasteiger charge is 2.41. The molecule has 0 spiro atoms. The SMILES string of the molecule is C#CCOCCN(CC)c1ccc(C2=C(O)/C(=C3/C=CC(=[N+](CC)CCOCC#C)S3)C(=O)C2=O)s1. The van der Waals surface area contributed by atoms with Crippen molar-refractivity contribution >= 4 is 50.3 Å². The van der Waals surface area contributed by atoms with Gasteiger partial charge in [0.1, 0.15) is 32.1 Å². The van der Waals surface area contributed by atoms with Crippen LogP contribution in [0.2, 0.25) is 0 Å². The van der Waals surface area contributed by atoms with E-state index >= 15 is 0 Å². The molecule has 0 unspecified atom stereocenters. The number of carbonyl (C=O) groups excluding carboxylic acids is 2. The van der Waals surface area contributed by atoms with Crippen LogP contribution in [0.25, 0.3) is 5.57 Å². The molecule has 2 aliphatic rings. The van der Waals surface area contributed by atoms with Gasteiger partial charge in [0.25, 0.3) is 0 Å². The Hall–Kier alpha value is -3.08. The van der Waals surface area contributed by atoms with Crippen molar-refractivity contribution in [3.8, 4) is 24.7 Å². The molecule has 7 nitrogen and oxygen atoms in total. The Balaban J connectivity index is 1.83.